The van der Waals surface area contributed by atoms with Gasteiger partial charge in [-0.3, -0.25) is 14.7 Å². The van der Waals surface area contributed by atoms with Gasteiger partial charge in [0.1, 0.15) is 0 Å². The van der Waals surface area contributed by atoms with Gasteiger partial charge < -0.3 is 9.84 Å². The number of benzene rings is 1. The maximum atomic E-state index is 12.1. The number of aliphatic imine (C=N–C) groups is 1. The first kappa shape index (κ1) is 14.9. The minimum Gasteiger partial charge on any atom is -0.504 e. The summed E-state index contributed by atoms with van der Waals surface area (Å²) in [4.78, 5) is 18.2. The van der Waals surface area contributed by atoms with Crippen LogP contribution >= 0.6 is 27.7 Å². The van der Waals surface area contributed by atoms with Gasteiger partial charge in [0.15, 0.2) is 16.7 Å². The fourth-order valence-electron chi connectivity index (χ4n) is 1.72. The van der Waals surface area contributed by atoms with Crippen LogP contribution in [-0.4, -0.2) is 42.3 Å². The lowest BCUT2D eigenvalue weighted by atomic mass is 10.2. The van der Waals surface area contributed by atoms with Crippen molar-refractivity contribution in [3.63, 3.8) is 0 Å². The first-order chi connectivity index (χ1) is 9.47. The number of nitrogens with zero attached hydrogens (tertiary/aromatic N) is 2. The third-order valence-electron chi connectivity index (χ3n) is 2.78. The number of hydrogen-bond acceptors (Lipinski definition) is 5. The molecule has 1 aromatic rings. The number of methoxy groups -OCH3 is 1. The van der Waals surface area contributed by atoms with Crippen LogP contribution in [0.1, 0.15) is 5.56 Å². The number of halogens is 1. The number of ether oxygens (including phenoxy) is 1. The molecular formula is C13H13BrN2O3S. The summed E-state index contributed by atoms with van der Waals surface area (Å²) in [6.07, 6.45) is 1.74. The smallest absolute Gasteiger partial charge is 0.266 e. The van der Waals surface area contributed by atoms with E-state index in [0.717, 1.165) is 5.56 Å². The zero-order chi connectivity index (χ0) is 14.9. The Morgan fingerprint density at radius 3 is 2.75 bits per heavy atom. The maximum Gasteiger partial charge on any atom is 0.266 e. The fourth-order valence-corrected chi connectivity index (χ4v) is 3.09. The van der Waals surface area contributed by atoms with E-state index in [1.807, 2.05) is 0 Å². The summed E-state index contributed by atoms with van der Waals surface area (Å²) in [6.45, 7) is 0. The Kier molecular flexibility index (Phi) is 4.39. The third-order valence-corrected chi connectivity index (χ3v) is 4.62. The highest BCUT2D eigenvalue weighted by molar-refractivity contribution is 9.10. The Balaban J connectivity index is 2.44. The van der Waals surface area contributed by atoms with E-state index in [1.54, 1.807) is 26.2 Å². The van der Waals surface area contributed by atoms with E-state index < -0.39 is 0 Å². The standard InChI is InChI=1S/C13H13BrN2O3S/c1-15-13-16(2)12(18)11(20-13)5-7-4-10(19-3)9(17)6-8(7)14/h4-6,17H,1-3H3/b11-5-,15-13+. The fraction of sp³-hybridized carbons (Fsp3) is 0.231. The van der Waals surface area contributed by atoms with Crippen molar-refractivity contribution in [1.29, 1.82) is 0 Å². The van der Waals surface area contributed by atoms with Crippen molar-refractivity contribution in [3.8, 4) is 11.5 Å². The Morgan fingerprint density at radius 2 is 2.20 bits per heavy atom. The molecule has 0 bridgehead atoms. The van der Waals surface area contributed by atoms with Gasteiger partial charge in [0, 0.05) is 18.6 Å². The van der Waals surface area contributed by atoms with E-state index in [9.17, 15) is 9.90 Å². The van der Waals surface area contributed by atoms with Gasteiger partial charge in [0.2, 0.25) is 0 Å². The number of phenols is 1. The molecule has 5 nitrogen and oxygen atoms in total. The summed E-state index contributed by atoms with van der Waals surface area (Å²) < 4.78 is 5.75. The van der Waals surface area contributed by atoms with Crippen LogP contribution in [0.2, 0.25) is 0 Å². The minimum absolute atomic E-state index is 0.0415. The summed E-state index contributed by atoms with van der Waals surface area (Å²) in [5, 5.41) is 10.3. The molecule has 1 N–H and O–H groups in total. The van der Waals surface area contributed by atoms with Crippen LogP contribution in [0.4, 0.5) is 0 Å². The van der Waals surface area contributed by atoms with Gasteiger partial charge in [0.25, 0.3) is 5.91 Å². The zero-order valence-electron chi connectivity index (χ0n) is 11.2. The van der Waals surface area contributed by atoms with Crippen molar-refractivity contribution in [2.24, 2.45) is 4.99 Å². The molecule has 0 unspecified atom stereocenters. The van der Waals surface area contributed by atoms with Gasteiger partial charge in [-0.15, -0.1) is 0 Å². The van der Waals surface area contributed by atoms with E-state index in [0.29, 0.717) is 20.3 Å². The van der Waals surface area contributed by atoms with Crippen LogP contribution in [0.3, 0.4) is 0 Å². The maximum absolute atomic E-state index is 12.1. The van der Waals surface area contributed by atoms with E-state index in [4.69, 9.17) is 4.74 Å². The van der Waals surface area contributed by atoms with Crippen molar-refractivity contribution in [2.75, 3.05) is 21.2 Å². The molecule has 1 aliphatic heterocycles. The van der Waals surface area contributed by atoms with Gasteiger partial charge in [-0.05, 0) is 35.5 Å². The highest BCUT2D eigenvalue weighted by Gasteiger charge is 2.29. The highest BCUT2D eigenvalue weighted by Crippen LogP contribution is 2.36. The number of carbonyl (C=O) groups excluding carboxylic acids is 1. The molecule has 20 heavy (non-hydrogen) atoms. The summed E-state index contributed by atoms with van der Waals surface area (Å²) in [7, 11) is 4.81. The molecule has 0 radical (unpaired) electrons. The molecule has 106 valence electrons. The monoisotopic (exact) mass is 356 g/mol. The number of phenolic OH excluding ortho intramolecular Hbond substituents is 1. The molecule has 1 aliphatic rings. The average Bonchev–Trinajstić information content (AvgIpc) is 2.69. The van der Waals surface area contributed by atoms with Gasteiger partial charge in [-0.25, -0.2) is 0 Å². The van der Waals surface area contributed by atoms with E-state index >= 15 is 0 Å². The Morgan fingerprint density at radius 1 is 1.50 bits per heavy atom. The van der Waals surface area contributed by atoms with E-state index in [-0.39, 0.29) is 11.7 Å². The van der Waals surface area contributed by atoms with E-state index in [1.165, 1.54) is 29.8 Å². The SMILES string of the molecule is C/N=C1/S/C(=C\c2cc(OC)c(O)cc2Br)C(=O)N1C. The second-order valence-corrected chi connectivity index (χ2v) is 5.89. The predicted molar refractivity (Wildman–Crippen MR) is 84.1 cm³/mol. The number of thioether (sulfide) groups is 1. The lowest BCUT2D eigenvalue weighted by Gasteiger charge is -2.07. The molecule has 0 spiro atoms. The van der Waals surface area contributed by atoms with Gasteiger partial charge in [0.05, 0.1) is 12.0 Å². The van der Waals surface area contributed by atoms with Gasteiger partial charge in [-0.1, -0.05) is 15.9 Å². The second-order valence-electron chi connectivity index (χ2n) is 4.03. The molecule has 0 atom stereocenters. The van der Waals surface area contributed by atoms with Crippen LogP contribution in [0, 0.1) is 0 Å². The van der Waals surface area contributed by atoms with Crippen molar-refractivity contribution >= 4 is 44.8 Å². The van der Waals surface area contributed by atoms with Crippen molar-refractivity contribution in [1.82, 2.24) is 4.90 Å². The minimum atomic E-state index is -0.102. The molecular weight excluding hydrogens is 344 g/mol. The van der Waals surface area contributed by atoms with Crippen LogP contribution < -0.4 is 4.74 Å². The predicted octanol–water partition coefficient (Wildman–Crippen LogP) is 2.70. The molecule has 1 saturated heterocycles. The summed E-state index contributed by atoms with van der Waals surface area (Å²) >= 11 is 4.67. The first-order valence-corrected chi connectivity index (χ1v) is 7.29. The average molecular weight is 357 g/mol. The third kappa shape index (κ3) is 2.69. The zero-order valence-corrected chi connectivity index (χ0v) is 13.6. The number of amidine groups is 1. The molecule has 0 saturated carbocycles. The lowest BCUT2D eigenvalue weighted by Crippen LogP contribution is -2.23. The summed E-state index contributed by atoms with van der Waals surface area (Å²) in [6, 6.07) is 3.20. The molecule has 2 rings (SSSR count). The van der Waals surface area contributed by atoms with Gasteiger partial charge >= 0.3 is 0 Å². The van der Waals surface area contributed by atoms with Crippen molar-refractivity contribution < 1.29 is 14.6 Å². The first-order valence-electron chi connectivity index (χ1n) is 5.68. The number of hydrogen-bond donors (Lipinski definition) is 1. The molecule has 1 amide bonds. The largest absolute Gasteiger partial charge is 0.504 e. The molecule has 1 aromatic carbocycles. The Hall–Kier alpha value is -1.47. The van der Waals surface area contributed by atoms with Crippen LogP contribution in [-0.2, 0) is 4.79 Å². The molecule has 7 heteroatoms. The second kappa shape index (κ2) is 5.88. The van der Waals surface area contributed by atoms with Crippen molar-refractivity contribution in [3.05, 3.63) is 27.1 Å². The van der Waals surface area contributed by atoms with E-state index in [2.05, 4.69) is 20.9 Å². The summed E-state index contributed by atoms with van der Waals surface area (Å²) in [5.74, 6) is 0.294. The Bertz CT molecular complexity index is 628. The number of carbonyl (C=O) groups is 1. The highest BCUT2D eigenvalue weighted by atomic mass is 79.9. The molecule has 1 fully saturated rings. The van der Waals surface area contributed by atoms with Crippen LogP contribution in [0.15, 0.2) is 26.5 Å². The molecule has 0 aromatic heterocycles. The van der Waals surface area contributed by atoms with Crippen LogP contribution in [0.25, 0.3) is 6.08 Å². The number of aromatic hydroxyl groups is 1. The molecule has 1 heterocycles. The number of rotatable bonds is 2. The quantitative estimate of drug-likeness (QED) is 0.827. The van der Waals surface area contributed by atoms with Gasteiger partial charge in [-0.2, -0.15) is 0 Å². The molecule has 0 aliphatic carbocycles. The summed E-state index contributed by atoms with van der Waals surface area (Å²) in [5.41, 5.74) is 0.751. The topological polar surface area (TPSA) is 62.1 Å². The lowest BCUT2D eigenvalue weighted by molar-refractivity contribution is -0.121. The number of amides is 1. The normalized spacial score (nSPS) is 19.2. The van der Waals surface area contributed by atoms with Crippen LogP contribution in [0.5, 0.6) is 11.5 Å². The van der Waals surface area contributed by atoms with Crippen molar-refractivity contribution in [2.45, 2.75) is 0 Å². The Labute approximate surface area is 129 Å². The number of likely N-dealkylation sites (N-methyl/N-ethyl adjacent to an activating group) is 1.